The topological polar surface area (TPSA) is 26.0 Å². The lowest BCUT2D eigenvalue weighted by molar-refractivity contribution is 1.06. The van der Waals surface area contributed by atoms with Crippen molar-refractivity contribution in [3.63, 3.8) is 0 Å². The summed E-state index contributed by atoms with van der Waals surface area (Å²) in [6.07, 6.45) is 3.24. The lowest BCUT2D eigenvalue weighted by atomic mass is 10.1. The van der Waals surface area contributed by atoms with Gasteiger partial charge in [0.2, 0.25) is 0 Å². The number of hydrogen-bond donors (Lipinski definition) is 1. The quantitative estimate of drug-likeness (QED) is 0.702. The van der Waals surface area contributed by atoms with Gasteiger partial charge in [0.05, 0.1) is 0 Å². The van der Waals surface area contributed by atoms with Crippen LogP contribution in [0.2, 0.25) is 0 Å². The van der Waals surface area contributed by atoms with Crippen LogP contribution in [0, 0.1) is 0 Å². The first-order valence-corrected chi connectivity index (χ1v) is 4.63. The third kappa shape index (κ3) is 3.43. The Labute approximate surface area is 80.3 Å². The number of benzene rings is 1. The van der Waals surface area contributed by atoms with Crippen molar-refractivity contribution in [1.29, 1.82) is 0 Å². The number of rotatable bonds is 3. The van der Waals surface area contributed by atoms with Crippen molar-refractivity contribution >= 4 is 0 Å². The smallest absolute Gasteiger partial charge is 0.0178 e. The van der Waals surface area contributed by atoms with E-state index in [1.807, 2.05) is 0 Å². The van der Waals surface area contributed by atoms with Crippen LogP contribution in [0.25, 0.3) is 0 Å². The molecule has 0 aliphatic carbocycles. The molecular weight excluding hydrogens is 158 g/mol. The Balaban J connectivity index is 2.72. The van der Waals surface area contributed by atoms with Gasteiger partial charge >= 0.3 is 0 Å². The molecule has 0 aliphatic rings. The van der Waals surface area contributed by atoms with Crippen molar-refractivity contribution in [3.8, 4) is 0 Å². The van der Waals surface area contributed by atoms with E-state index in [9.17, 15) is 0 Å². The van der Waals surface area contributed by atoms with Crippen LogP contribution in [0.3, 0.4) is 0 Å². The highest BCUT2D eigenvalue weighted by Gasteiger charge is 1.92. The Morgan fingerprint density at radius 1 is 1.31 bits per heavy atom. The Morgan fingerprint density at radius 2 is 2.00 bits per heavy atom. The minimum Gasteiger partial charge on any atom is -0.326 e. The van der Waals surface area contributed by atoms with Crippen LogP contribution in [0.4, 0.5) is 0 Å². The second kappa shape index (κ2) is 4.83. The second-order valence-electron chi connectivity index (χ2n) is 3.51. The SMILES string of the molecule is CC(C)=CCc1cccc(CN)c1. The summed E-state index contributed by atoms with van der Waals surface area (Å²) in [6, 6.07) is 8.43. The van der Waals surface area contributed by atoms with Crippen LogP contribution >= 0.6 is 0 Å². The number of nitrogens with two attached hydrogens (primary N) is 1. The van der Waals surface area contributed by atoms with E-state index in [0.717, 1.165) is 6.42 Å². The highest BCUT2D eigenvalue weighted by Crippen LogP contribution is 2.06. The molecule has 0 radical (unpaired) electrons. The van der Waals surface area contributed by atoms with E-state index in [4.69, 9.17) is 5.73 Å². The average molecular weight is 175 g/mol. The predicted molar refractivity (Wildman–Crippen MR) is 57.5 cm³/mol. The molecule has 0 amide bonds. The molecule has 0 saturated carbocycles. The minimum absolute atomic E-state index is 0.628. The fourth-order valence-corrected chi connectivity index (χ4v) is 1.21. The molecule has 0 aliphatic heterocycles. The Hall–Kier alpha value is -1.08. The summed E-state index contributed by atoms with van der Waals surface area (Å²) in [5.74, 6) is 0. The van der Waals surface area contributed by atoms with Crippen molar-refractivity contribution in [1.82, 2.24) is 0 Å². The molecule has 0 saturated heterocycles. The maximum absolute atomic E-state index is 5.56. The number of allylic oxidation sites excluding steroid dienone is 2. The van der Waals surface area contributed by atoms with Crippen molar-refractivity contribution in [2.24, 2.45) is 5.73 Å². The van der Waals surface area contributed by atoms with Crippen molar-refractivity contribution in [2.75, 3.05) is 0 Å². The van der Waals surface area contributed by atoms with Gasteiger partial charge < -0.3 is 5.73 Å². The van der Waals surface area contributed by atoms with Crippen molar-refractivity contribution in [3.05, 3.63) is 47.0 Å². The van der Waals surface area contributed by atoms with E-state index in [0.29, 0.717) is 6.54 Å². The van der Waals surface area contributed by atoms with Crippen LogP contribution in [0.15, 0.2) is 35.9 Å². The predicted octanol–water partition coefficient (Wildman–Crippen LogP) is 2.65. The monoisotopic (exact) mass is 175 g/mol. The fourth-order valence-electron chi connectivity index (χ4n) is 1.21. The molecule has 1 aromatic carbocycles. The lowest BCUT2D eigenvalue weighted by Crippen LogP contribution is -1.96. The third-order valence-electron chi connectivity index (χ3n) is 1.97. The van der Waals surface area contributed by atoms with Crippen LogP contribution in [0.1, 0.15) is 25.0 Å². The molecule has 0 fully saturated rings. The summed E-state index contributed by atoms with van der Waals surface area (Å²) in [7, 11) is 0. The molecule has 0 atom stereocenters. The van der Waals surface area contributed by atoms with Gasteiger partial charge in [0.25, 0.3) is 0 Å². The maximum atomic E-state index is 5.56. The zero-order valence-electron chi connectivity index (χ0n) is 8.38. The van der Waals surface area contributed by atoms with Crippen LogP contribution < -0.4 is 5.73 Å². The van der Waals surface area contributed by atoms with Gasteiger partial charge in [0.15, 0.2) is 0 Å². The largest absolute Gasteiger partial charge is 0.326 e. The highest BCUT2D eigenvalue weighted by atomic mass is 14.5. The Kier molecular flexibility index (Phi) is 3.71. The van der Waals surface area contributed by atoms with E-state index >= 15 is 0 Å². The maximum Gasteiger partial charge on any atom is 0.0178 e. The molecule has 1 aromatic rings. The van der Waals surface area contributed by atoms with Crippen LogP contribution in [-0.4, -0.2) is 0 Å². The molecular formula is C12H17N. The summed E-state index contributed by atoms with van der Waals surface area (Å²) in [5.41, 5.74) is 9.46. The van der Waals surface area contributed by atoms with Gasteiger partial charge in [-0.1, -0.05) is 35.9 Å². The second-order valence-corrected chi connectivity index (χ2v) is 3.51. The van der Waals surface area contributed by atoms with E-state index in [2.05, 4.69) is 44.2 Å². The van der Waals surface area contributed by atoms with Gasteiger partial charge in [-0.25, -0.2) is 0 Å². The van der Waals surface area contributed by atoms with Crippen molar-refractivity contribution < 1.29 is 0 Å². The van der Waals surface area contributed by atoms with Crippen LogP contribution in [0.5, 0.6) is 0 Å². The van der Waals surface area contributed by atoms with Gasteiger partial charge in [-0.3, -0.25) is 0 Å². The van der Waals surface area contributed by atoms with Gasteiger partial charge in [0.1, 0.15) is 0 Å². The molecule has 13 heavy (non-hydrogen) atoms. The molecule has 70 valence electrons. The molecule has 1 nitrogen and oxygen atoms in total. The molecule has 0 bridgehead atoms. The lowest BCUT2D eigenvalue weighted by Gasteiger charge is -2.00. The fraction of sp³-hybridized carbons (Fsp3) is 0.333. The average Bonchev–Trinajstić information content (AvgIpc) is 2.15. The zero-order chi connectivity index (χ0) is 9.68. The zero-order valence-corrected chi connectivity index (χ0v) is 8.38. The molecule has 1 heteroatoms. The van der Waals surface area contributed by atoms with Gasteiger partial charge in [0, 0.05) is 6.54 Å². The molecule has 0 spiro atoms. The minimum atomic E-state index is 0.628. The molecule has 0 unspecified atom stereocenters. The van der Waals surface area contributed by atoms with E-state index in [1.54, 1.807) is 0 Å². The summed E-state index contributed by atoms with van der Waals surface area (Å²) in [6.45, 7) is 4.86. The third-order valence-corrected chi connectivity index (χ3v) is 1.97. The molecule has 0 aromatic heterocycles. The highest BCUT2D eigenvalue weighted by molar-refractivity contribution is 5.25. The Bertz CT molecular complexity index is 296. The normalized spacial score (nSPS) is 9.77. The summed E-state index contributed by atoms with van der Waals surface area (Å²) < 4.78 is 0. The molecule has 2 N–H and O–H groups in total. The van der Waals surface area contributed by atoms with E-state index in [-0.39, 0.29) is 0 Å². The molecule has 1 rings (SSSR count). The standard InChI is InChI=1S/C12H17N/c1-10(2)6-7-11-4-3-5-12(8-11)9-13/h3-6,8H,7,9,13H2,1-2H3. The van der Waals surface area contributed by atoms with Gasteiger partial charge in [-0.05, 0) is 31.4 Å². The van der Waals surface area contributed by atoms with Gasteiger partial charge in [-0.15, -0.1) is 0 Å². The van der Waals surface area contributed by atoms with Crippen molar-refractivity contribution in [2.45, 2.75) is 26.8 Å². The first-order valence-electron chi connectivity index (χ1n) is 4.63. The number of hydrogen-bond acceptors (Lipinski definition) is 1. The first kappa shape index (κ1) is 10.0. The molecule has 0 heterocycles. The van der Waals surface area contributed by atoms with E-state index in [1.165, 1.54) is 16.7 Å². The first-order chi connectivity index (χ1) is 6.22. The Morgan fingerprint density at radius 3 is 2.62 bits per heavy atom. The van der Waals surface area contributed by atoms with Gasteiger partial charge in [-0.2, -0.15) is 0 Å². The summed E-state index contributed by atoms with van der Waals surface area (Å²) in [5, 5.41) is 0. The van der Waals surface area contributed by atoms with Crippen LogP contribution in [-0.2, 0) is 13.0 Å². The summed E-state index contributed by atoms with van der Waals surface area (Å²) in [4.78, 5) is 0. The van der Waals surface area contributed by atoms with E-state index < -0.39 is 0 Å². The summed E-state index contributed by atoms with van der Waals surface area (Å²) >= 11 is 0.